The molecule has 9 nitrogen and oxygen atoms in total. The Kier molecular flexibility index (Phi) is 3.29. The molecule has 0 fully saturated rings. The van der Waals surface area contributed by atoms with Crippen molar-refractivity contribution in [3.05, 3.63) is 24.4 Å². The third kappa shape index (κ3) is 2.59. The summed E-state index contributed by atoms with van der Waals surface area (Å²) < 4.78 is 6.84. The third-order valence-electron chi connectivity index (χ3n) is 2.22. The summed E-state index contributed by atoms with van der Waals surface area (Å²) in [5.74, 6) is 1.33. The van der Waals surface area contributed by atoms with E-state index in [1.807, 2.05) is 0 Å². The number of nitrogens with one attached hydrogen (secondary N) is 1. The smallest absolute Gasteiger partial charge is 0.284 e. The average molecular weight is 290 g/mol. The lowest BCUT2D eigenvalue weighted by molar-refractivity contribution is 0.429. The van der Waals surface area contributed by atoms with Crippen LogP contribution in [-0.4, -0.2) is 42.0 Å². The topological polar surface area (TPSA) is 107 Å². The van der Waals surface area contributed by atoms with Crippen molar-refractivity contribution in [3.63, 3.8) is 0 Å². The zero-order valence-corrected chi connectivity index (χ0v) is 11.5. The van der Waals surface area contributed by atoms with Gasteiger partial charge in [-0.3, -0.25) is 0 Å². The highest BCUT2D eigenvalue weighted by Gasteiger charge is 2.12. The van der Waals surface area contributed by atoms with Crippen LogP contribution in [-0.2, 0) is 0 Å². The predicted octanol–water partition coefficient (Wildman–Crippen LogP) is 0.942. The monoisotopic (exact) mass is 290 g/mol. The van der Waals surface area contributed by atoms with Gasteiger partial charge in [0.15, 0.2) is 0 Å². The molecular formula is C10H10N8OS. The molecule has 1 N–H and O–H groups in total. The van der Waals surface area contributed by atoms with Crippen LogP contribution >= 0.6 is 11.8 Å². The number of aromatic nitrogens is 7. The Morgan fingerprint density at radius 2 is 2.15 bits per heavy atom. The minimum atomic E-state index is 0.377. The molecule has 0 radical (unpaired) electrons. The van der Waals surface area contributed by atoms with Gasteiger partial charge in [0, 0.05) is 38.1 Å². The molecule has 3 aromatic heterocycles. The van der Waals surface area contributed by atoms with E-state index in [0.29, 0.717) is 28.2 Å². The van der Waals surface area contributed by atoms with E-state index >= 15 is 0 Å². The fourth-order valence-electron chi connectivity index (χ4n) is 1.39. The Bertz CT molecular complexity index is 710. The molecule has 0 aliphatic rings. The van der Waals surface area contributed by atoms with Crippen LogP contribution in [0, 0.1) is 6.92 Å². The zero-order chi connectivity index (χ0) is 13.9. The molecule has 0 spiro atoms. The molecule has 0 saturated heterocycles. The minimum absolute atomic E-state index is 0.377. The molecule has 0 amide bonds. The lowest BCUT2D eigenvalue weighted by atomic mass is 10.7. The second-order valence-corrected chi connectivity index (χ2v) is 4.55. The molecule has 0 saturated carbocycles. The molecular weight excluding hydrogens is 280 g/mol. The lowest BCUT2D eigenvalue weighted by Gasteiger charge is -2.04. The van der Waals surface area contributed by atoms with Crippen molar-refractivity contribution in [1.82, 2.24) is 34.9 Å². The summed E-state index contributed by atoms with van der Waals surface area (Å²) in [6.45, 7) is 1.72. The second-order valence-electron chi connectivity index (χ2n) is 3.63. The van der Waals surface area contributed by atoms with Gasteiger partial charge >= 0.3 is 0 Å². The first-order valence-electron chi connectivity index (χ1n) is 5.66. The van der Waals surface area contributed by atoms with Crippen LogP contribution in [0.5, 0.6) is 0 Å². The average Bonchev–Trinajstić information content (AvgIpc) is 3.10. The first kappa shape index (κ1) is 12.5. The second kappa shape index (κ2) is 5.25. The van der Waals surface area contributed by atoms with Gasteiger partial charge in [0.05, 0.1) is 0 Å². The number of rotatable bonds is 4. The molecule has 0 bridgehead atoms. The van der Waals surface area contributed by atoms with E-state index < -0.39 is 0 Å². The molecule has 3 heterocycles. The first-order chi connectivity index (χ1) is 9.74. The standard InChI is InChI=1S/C10H10N8OS/c1-6-16-17-10(19-6)20-9-14-7(11-2)13-8(15-9)18-5-3-4-12-18/h3-5H,1-2H3,(H,11,13,14,15). The number of hydrogen-bond donors (Lipinski definition) is 1. The molecule has 102 valence electrons. The fraction of sp³-hybridized carbons (Fsp3) is 0.200. The van der Waals surface area contributed by atoms with E-state index in [2.05, 4.69) is 35.6 Å². The molecule has 20 heavy (non-hydrogen) atoms. The number of aryl methyl sites for hydroxylation is 1. The molecule has 0 aromatic carbocycles. The summed E-state index contributed by atoms with van der Waals surface area (Å²) in [4.78, 5) is 12.8. The van der Waals surface area contributed by atoms with Crippen molar-refractivity contribution in [3.8, 4) is 5.95 Å². The molecule has 0 unspecified atom stereocenters. The Morgan fingerprint density at radius 1 is 1.25 bits per heavy atom. The summed E-state index contributed by atoms with van der Waals surface area (Å²) in [5.41, 5.74) is 0. The quantitative estimate of drug-likeness (QED) is 0.750. The van der Waals surface area contributed by atoms with Crippen molar-refractivity contribution in [2.75, 3.05) is 12.4 Å². The SMILES string of the molecule is CNc1nc(Sc2nnc(C)o2)nc(-n2cccn2)n1. The summed E-state index contributed by atoms with van der Waals surface area (Å²) >= 11 is 1.17. The Balaban J connectivity index is 1.96. The van der Waals surface area contributed by atoms with Crippen molar-refractivity contribution in [1.29, 1.82) is 0 Å². The maximum atomic E-state index is 5.29. The molecule has 0 aliphatic carbocycles. The highest BCUT2D eigenvalue weighted by molar-refractivity contribution is 7.98. The van der Waals surface area contributed by atoms with Gasteiger partial charge in [-0.25, -0.2) is 4.68 Å². The van der Waals surface area contributed by atoms with E-state index in [4.69, 9.17) is 4.42 Å². The van der Waals surface area contributed by atoms with Crippen molar-refractivity contribution >= 4 is 17.7 Å². The van der Waals surface area contributed by atoms with Gasteiger partial charge in [0.25, 0.3) is 11.2 Å². The summed E-state index contributed by atoms with van der Waals surface area (Å²) in [6.07, 6.45) is 3.40. The van der Waals surface area contributed by atoms with Crippen LogP contribution in [0.2, 0.25) is 0 Å². The van der Waals surface area contributed by atoms with Gasteiger partial charge in [-0.1, -0.05) is 0 Å². The largest absolute Gasteiger partial charge is 0.416 e. The Labute approximate surface area is 117 Å². The van der Waals surface area contributed by atoms with E-state index in [9.17, 15) is 0 Å². The number of nitrogens with zero attached hydrogens (tertiary/aromatic N) is 7. The lowest BCUT2D eigenvalue weighted by Crippen LogP contribution is -2.07. The van der Waals surface area contributed by atoms with Crippen LogP contribution in [0.3, 0.4) is 0 Å². The molecule has 3 rings (SSSR count). The Morgan fingerprint density at radius 3 is 2.80 bits per heavy atom. The number of anilines is 1. The highest BCUT2D eigenvalue weighted by atomic mass is 32.2. The van der Waals surface area contributed by atoms with Gasteiger partial charge in [0.2, 0.25) is 17.0 Å². The van der Waals surface area contributed by atoms with E-state index in [-0.39, 0.29) is 0 Å². The first-order valence-corrected chi connectivity index (χ1v) is 6.48. The van der Waals surface area contributed by atoms with Gasteiger partial charge in [0.1, 0.15) is 0 Å². The van der Waals surface area contributed by atoms with Crippen LogP contribution < -0.4 is 5.32 Å². The van der Waals surface area contributed by atoms with E-state index in [1.54, 1.807) is 37.1 Å². The molecule has 0 aliphatic heterocycles. The Hall–Kier alpha value is -2.49. The van der Waals surface area contributed by atoms with Gasteiger partial charge in [-0.05, 0) is 6.07 Å². The normalized spacial score (nSPS) is 10.7. The van der Waals surface area contributed by atoms with Gasteiger partial charge < -0.3 is 9.73 Å². The maximum absolute atomic E-state index is 5.29. The minimum Gasteiger partial charge on any atom is -0.416 e. The van der Waals surface area contributed by atoms with Crippen LogP contribution in [0.15, 0.2) is 33.3 Å². The predicted molar refractivity (Wildman–Crippen MR) is 69.7 cm³/mol. The highest BCUT2D eigenvalue weighted by Crippen LogP contribution is 2.24. The summed E-state index contributed by atoms with van der Waals surface area (Å²) in [7, 11) is 1.73. The van der Waals surface area contributed by atoms with E-state index in [0.717, 1.165) is 0 Å². The van der Waals surface area contributed by atoms with Crippen molar-refractivity contribution in [2.24, 2.45) is 0 Å². The summed E-state index contributed by atoms with van der Waals surface area (Å²) in [5, 5.41) is 15.4. The summed E-state index contributed by atoms with van der Waals surface area (Å²) in [6, 6.07) is 1.79. The van der Waals surface area contributed by atoms with Gasteiger partial charge in [-0.2, -0.15) is 20.1 Å². The molecule has 10 heteroatoms. The number of hydrogen-bond acceptors (Lipinski definition) is 9. The molecule has 3 aromatic rings. The van der Waals surface area contributed by atoms with Crippen LogP contribution in [0.4, 0.5) is 5.95 Å². The van der Waals surface area contributed by atoms with Gasteiger partial charge in [-0.15, -0.1) is 10.2 Å². The van der Waals surface area contributed by atoms with E-state index in [1.165, 1.54) is 11.8 Å². The third-order valence-corrected chi connectivity index (χ3v) is 2.93. The van der Waals surface area contributed by atoms with Crippen LogP contribution in [0.25, 0.3) is 5.95 Å². The maximum Gasteiger partial charge on any atom is 0.284 e. The van der Waals surface area contributed by atoms with Crippen LogP contribution in [0.1, 0.15) is 5.89 Å². The molecule has 0 atom stereocenters. The van der Waals surface area contributed by atoms with Crippen molar-refractivity contribution < 1.29 is 4.42 Å². The van der Waals surface area contributed by atoms with Crippen molar-refractivity contribution in [2.45, 2.75) is 17.3 Å². The zero-order valence-electron chi connectivity index (χ0n) is 10.7. The fourth-order valence-corrected chi connectivity index (χ4v) is 2.05.